The van der Waals surface area contributed by atoms with Gasteiger partial charge in [-0.05, 0) is 35.4 Å². The molecule has 1 saturated heterocycles. The van der Waals surface area contributed by atoms with E-state index in [9.17, 15) is 9.59 Å². The topological polar surface area (TPSA) is 59.1 Å². The van der Waals surface area contributed by atoms with Crippen LogP contribution in [0, 0.1) is 0 Å². The van der Waals surface area contributed by atoms with Crippen LogP contribution in [0.3, 0.4) is 0 Å². The summed E-state index contributed by atoms with van der Waals surface area (Å²) in [5, 5.41) is 0. The molecule has 0 bridgehead atoms. The number of rotatable bonds is 6. The molecule has 136 valence electrons. The van der Waals surface area contributed by atoms with Gasteiger partial charge < -0.3 is 14.4 Å². The van der Waals surface area contributed by atoms with Gasteiger partial charge in [-0.25, -0.2) is 4.79 Å². The molecule has 1 aliphatic heterocycles. The van der Waals surface area contributed by atoms with Crippen molar-refractivity contribution in [3.8, 4) is 11.5 Å². The Balaban J connectivity index is 1.69. The van der Waals surface area contributed by atoms with E-state index in [1.165, 1.54) is 4.90 Å². The average Bonchev–Trinajstić information content (AvgIpc) is 2.68. The molecular weight excluding hydrogens is 332 g/mol. The van der Waals surface area contributed by atoms with E-state index in [-0.39, 0.29) is 18.5 Å². The van der Waals surface area contributed by atoms with Crippen molar-refractivity contribution in [1.82, 2.24) is 9.80 Å². The molecular formula is C20H22N2O4. The fourth-order valence-corrected chi connectivity index (χ4v) is 2.91. The third-order valence-corrected chi connectivity index (χ3v) is 4.43. The first-order chi connectivity index (χ1) is 12.6. The third-order valence-electron chi connectivity index (χ3n) is 4.43. The SMILES string of the molecule is COc1ccc(CN2CCC(=O)N(Cc3ccc(OC)cc3)C2=O)cc1. The number of nitrogens with zero attached hydrogens (tertiary/aromatic N) is 2. The van der Waals surface area contributed by atoms with E-state index in [4.69, 9.17) is 9.47 Å². The van der Waals surface area contributed by atoms with Gasteiger partial charge >= 0.3 is 6.03 Å². The lowest BCUT2D eigenvalue weighted by atomic mass is 10.1. The lowest BCUT2D eigenvalue weighted by molar-refractivity contribution is -0.131. The molecule has 0 aliphatic carbocycles. The minimum Gasteiger partial charge on any atom is -0.497 e. The van der Waals surface area contributed by atoms with E-state index in [1.807, 2.05) is 48.5 Å². The standard InChI is InChI=1S/C20H22N2O4/c1-25-17-7-3-15(4-8-17)13-21-12-11-19(23)22(20(21)24)14-16-5-9-18(26-2)10-6-16/h3-10H,11-14H2,1-2H3. The molecule has 3 amide bonds. The van der Waals surface area contributed by atoms with Crippen molar-refractivity contribution in [2.24, 2.45) is 0 Å². The molecule has 0 radical (unpaired) electrons. The third kappa shape index (κ3) is 3.96. The second-order valence-corrected chi connectivity index (χ2v) is 6.13. The van der Waals surface area contributed by atoms with Crippen molar-refractivity contribution in [1.29, 1.82) is 0 Å². The summed E-state index contributed by atoms with van der Waals surface area (Å²) in [6, 6.07) is 14.7. The molecule has 2 aromatic rings. The quantitative estimate of drug-likeness (QED) is 0.800. The van der Waals surface area contributed by atoms with Crippen molar-refractivity contribution in [3.63, 3.8) is 0 Å². The molecule has 1 fully saturated rings. The minimum atomic E-state index is -0.257. The largest absolute Gasteiger partial charge is 0.497 e. The van der Waals surface area contributed by atoms with Crippen molar-refractivity contribution >= 4 is 11.9 Å². The zero-order valence-electron chi connectivity index (χ0n) is 15.0. The second kappa shape index (κ2) is 7.91. The van der Waals surface area contributed by atoms with Gasteiger partial charge in [0.25, 0.3) is 0 Å². The molecule has 0 spiro atoms. The van der Waals surface area contributed by atoms with Crippen LogP contribution < -0.4 is 9.47 Å². The van der Waals surface area contributed by atoms with Crippen LogP contribution in [-0.2, 0) is 17.9 Å². The molecule has 2 aromatic carbocycles. The maximum absolute atomic E-state index is 12.8. The fraction of sp³-hybridized carbons (Fsp3) is 0.300. The number of carbonyl (C=O) groups is 2. The minimum absolute atomic E-state index is 0.142. The van der Waals surface area contributed by atoms with Gasteiger partial charge in [-0.2, -0.15) is 0 Å². The van der Waals surface area contributed by atoms with Gasteiger partial charge in [-0.15, -0.1) is 0 Å². The predicted molar refractivity (Wildman–Crippen MR) is 97.0 cm³/mol. The van der Waals surface area contributed by atoms with Gasteiger partial charge in [0, 0.05) is 19.5 Å². The van der Waals surface area contributed by atoms with Gasteiger partial charge in [0.2, 0.25) is 5.91 Å². The second-order valence-electron chi connectivity index (χ2n) is 6.13. The number of ether oxygens (including phenoxy) is 2. The molecule has 6 nitrogen and oxygen atoms in total. The van der Waals surface area contributed by atoms with Gasteiger partial charge in [-0.3, -0.25) is 9.69 Å². The monoisotopic (exact) mass is 354 g/mol. The maximum atomic E-state index is 12.8. The molecule has 6 heteroatoms. The van der Waals surface area contributed by atoms with Crippen molar-refractivity contribution in [2.75, 3.05) is 20.8 Å². The Hall–Kier alpha value is -3.02. The molecule has 0 N–H and O–H groups in total. The number of imide groups is 1. The highest BCUT2D eigenvalue weighted by Gasteiger charge is 2.31. The first kappa shape index (κ1) is 17.8. The summed E-state index contributed by atoms with van der Waals surface area (Å²) in [5.74, 6) is 1.37. The van der Waals surface area contributed by atoms with Crippen LogP contribution in [0.5, 0.6) is 11.5 Å². The van der Waals surface area contributed by atoms with Crippen molar-refractivity contribution in [2.45, 2.75) is 19.5 Å². The first-order valence-electron chi connectivity index (χ1n) is 8.46. The fourth-order valence-electron chi connectivity index (χ4n) is 2.91. The van der Waals surface area contributed by atoms with E-state index in [0.29, 0.717) is 19.5 Å². The Morgan fingerprint density at radius 1 is 0.808 bits per heavy atom. The van der Waals surface area contributed by atoms with Crippen LogP contribution in [0.1, 0.15) is 17.5 Å². The molecule has 1 heterocycles. The zero-order chi connectivity index (χ0) is 18.5. The Kier molecular flexibility index (Phi) is 5.41. The molecule has 26 heavy (non-hydrogen) atoms. The van der Waals surface area contributed by atoms with Crippen LogP contribution >= 0.6 is 0 Å². The van der Waals surface area contributed by atoms with Crippen LogP contribution in [0.25, 0.3) is 0 Å². The summed E-state index contributed by atoms with van der Waals surface area (Å²) in [6.45, 7) is 1.17. The predicted octanol–water partition coefficient (Wildman–Crippen LogP) is 3.06. The number of carbonyl (C=O) groups excluding carboxylic acids is 2. The average molecular weight is 354 g/mol. The van der Waals surface area contributed by atoms with E-state index < -0.39 is 0 Å². The summed E-state index contributed by atoms with van der Waals surface area (Å²) in [6.07, 6.45) is 0.331. The molecule has 0 saturated carbocycles. The van der Waals surface area contributed by atoms with Crippen LogP contribution in [0.15, 0.2) is 48.5 Å². The number of urea groups is 1. The summed E-state index contributed by atoms with van der Waals surface area (Å²) < 4.78 is 10.3. The van der Waals surface area contributed by atoms with Crippen LogP contribution in [-0.4, -0.2) is 42.5 Å². The Morgan fingerprint density at radius 2 is 1.31 bits per heavy atom. The highest BCUT2D eigenvalue weighted by atomic mass is 16.5. The van der Waals surface area contributed by atoms with Crippen LogP contribution in [0.4, 0.5) is 4.79 Å². The van der Waals surface area contributed by atoms with Gasteiger partial charge in [-0.1, -0.05) is 24.3 Å². The number of benzene rings is 2. The molecule has 0 aromatic heterocycles. The Morgan fingerprint density at radius 3 is 1.81 bits per heavy atom. The number of hydrogen-bond donors (Lipinski definition) is 0. The van der Waals surface area contributed by atoms with E-state index >= 15 is 0 Å². The first-order valence-corrected chi connectivity index (χ1v) is 8.46. The molecule has 1 aliphatic rings. The number of amides is 3. The van der Waals surface area contributed by atoms with Crippen molar-refractivity contribution < 1.29 is 19.1 Å². The van der Waals surface area contributed by atoms with Gasteiger partial charge in [0.15, 0.2) is 0 Å². The lowest BCUT2D eigenvalue weighted by Gasteiger charge is -2.34. The molecule has 3 rings (SSSR count). The number of hydrogen-bond acceptors (Lipinski definition) is 4. The summed E-state index contributed by atoms with van der Waals surface area (Å²) in [5.41, 5.74) is 1.89. The normalized spacial score (nSPS) is 14.5. The lowest BCUT2D eigenvalue weighted by Crippen LogP contribution is -2.51. The maximum Gasteiger partial charge on any atom is 0.327 e. The van der Waals surface area contributed by atoms with E-state index in [2.05, 4.69) is 0 Å². The van der Waals surface area contributed by atoms with Gasteiger partial charge in [0.1, 0.15) is 11.5 Å². The van der Waals surface area contributed by atoms with E-state index in [1.54, 1.807) is 19.1 Å². The van der Waals surface area contributed by atoms with Gasteiger partial charge in [0.05, 0.1) is 20.8 Å². The van der Waals surface area contributed by atoms with Crippen molar-refractivity contribution in [3.05, 3.63) is 59.7 Å². The molecule has 0 atom stereocenters. The summed E-state index contributed by atoms with van der Waals surface area (Å²) in [4.78, 5) is 28.0. The smallest absolute Gasteiger partial charge is 0.327 e. The number of methoxy groups -OCH3 is 2. The Bertz CT molecular complexity index is 771. The highest BCUT2D eigenvalue weighted by Crippen LogP contribution is 2.20. The highest BCUT2D eigenvalue weighted by molar-refractivity contribution is 5.96. The van der Waals surface area contributed by atoms with E-state index in [0.717, 1.165) is 22.6 Å². The van der Waals surface area contributed by atoms with Crippen LogP contribution in [0.2, 0.25) is 0 Å². The summed E-state index contributed by atoms with van der Waals surface area (Å²) in [7, 11) is 3.22. The molecule has 0 unspecified atom stereocenters. The zero-order valence-corrected chi connectivity index (χ0v) is 15.0. The summed E-state index contributed by atoms with van der Waals surface area (Å²) >= 11 is 0. The Labute approximate surface area is 152 Å².